The van der Waals surface area contributed by atoms with Crippen molar-refractivity contribution in [2.24, 2.45) is 0 Å². The zero-order valence-electron chi connectivity index (χ0n) is 10.7. The number of ether oxygens (including phenoxy) is 2. The maximum atomic E-state index is 10.3. The molecule has 1 aliphatic carbocycles. The van der Waals surface area contributed by atoms with Crippen LogP contribution in [0.2, 0.25) is 0 Å². The molecule has 94 valence electrons. The maximum Gasteiger partial charge on any atom is 0.166 e. The molecule has 0 spiro atoms. The summed E-state index contributed by atoms with van der Waals surface area (Å²) < 4.78 is 10.8. The molecule has 1 N–H and O–H groups in total. The molecule has 0 unspecified atom stereocenters. The lowest BCUT2D eigenvalue weighted by Crippen LogP contribution is -2.06. The molecule has 1 aromatic carbocycles. The molecule has 0 radical (unpaired) electrons. The summed E-state index contributed by atoms with van der Waals surface area (Å²) in [6, 6.07) is 2.00. The maximum absolute atomic E-state index is 10.3. The zero-order valence-corrected chi connectivity index (χ0v) is 10.7. The number of hydrogen-bond acceptors (Lipinski definition) is 3. The quantitative estimate of drug-likeness (QED) is 0.802. The molecule has 3 heteroatoms. The zero-order chi connectivity index (χ0) is 12.4. The molecule has 0 heterocycles. The van der Waals surface area contributed by atoms with Crippen LogP contribution in [0.3, 0.4) is 0 Å². The van der Waals surface area contributed by atoms with E-state index in [0.717, 1.165) is 31.2 Å². The molecule has 0 amide bonds. The highest BCUT2D eigenvalue weighted by atomic mass is 16.5. The molecular formula is C14H20O3. The largest absolute Gasteiger partial charge is 0.493 e. The fraction of sp³-hybridized carbons (Fsp3) is 0.571. The summed E-state index contributed by atoms with van der Waals surface area (Å²) >= 11 is 0. The van der Waals surface area contributed by atoms with Gasteiger partial charge < -0.3 is 14.6 Å². The fourth-order valence-electron chi connectivity index (χ4n) is 2.66. The smallest absolute Gasteiger partial charge is 0.166 e. The third-order valence-corrected chi connectivity index (χ3v) is 3.53. The molecule has 2 rings (SSSR count). The van der Waals surface area contributed by atoms with E-state index in [9.17, 15) is 5.11 Å². The number of hydrogen-bond donors (Lipinski definition) is 1. The number of fused-ring (bicyclic) bond motifs is 1. The van der Waals surface area contributed by atoms with Gasteiger partial charge in [0.1, 0.15) is 0 Å². The number of rotatable bonds is 2. The second-order valence-electron chi connectivity index (χ2n) is 4.58. The first-order valence-electron chi connectivity index (χ1n) is 6.11. The van der Waals surface area contributed by atoms with E-state index in [2.05, 4.69) is 6.92 Å². The van der Waals surface area contributed by atoms with Crippen LogP contribution in [0.4, 0.5) is 0 Å². The van der Waals surface area contributed by atoms with E-state index in [-0.39, 0.29) is 0 Å². The van der Waals surface area contributed by atoms with E-state index < -0.39 is 6.10 Å². The normalized spacial score (nSPS) is 19.4. The van der Waals surface area contributed by atoms with E-state index in [0.29, 0.717) is 11.5 Å². The number of methoxy groups -OCH3 is 2. The Kier molecular flexibility index (Phi) is 3.57. The van der Waals surface area contributed by atoms with Gasteiger partial charge in [0.25, 0.3) is 0 Å². The second-order valence-corrected chi connectivity index (χ2v) is 4.58. The lowest BCUT2D eigenvalue weighted by atomic mass is 9.95. The summed E-state index contributed by atoms with van der Waals surface area (Å²) in [5, 5.41) is 10.3. The van der Waals surface area contributed by atoms with Crippen molar-refractivity contribution >= 4 is 0 Å². The molecule has 0 aromatic heterocycles. The van der Waals surface area contributed by atoms with Gasteiger partial charge in [0.2, 0.25) is 0 Å². The van der Waals surface area contributed by atoms with Gasteiger partial charge in [-0.15, -0.1) is 0 Å². The summed E-state index contributed by atoms with van der Waals surface area (Å²) in [6.07, 6.45) is 3.56. The Bertz CT molecular complexity index is 412. The lowest BCUT2D eigenvalue weighted by molar-refractivity contribution is 0.161. The molecule has 0 bridgehead atoms. The summed E-state index contributed by atoms with van der Waals surface area (Å²) in [6.45, 7) is 2.07. The van der Waals surface area contributed by atoms with Gasteiger partial charge in [0.15, 0.2) is 11.5 Å². The van der Waals surface area contributed by atoms with Gasteiger partial charge in [-0.1, -0.05) is 6.42 Å². The van der Waals surface area contributed by atoms with Crippen LogP contribution < -0.4 is 9.47 Å². The van der Waals surface area contributed by atoms with Gasteiger partial charge in [-0.05, 0) is 43.4 Å². The van der Waals surface area contributed by atoms with Crippen LogP contribution in [0.1, 0.15) is 42.1 Å². The Morgan fingerprint density at radius 2 is 2.00 bits per heavy atom. The van der Waals surface area contributed by atoms with Gasteiger partial charge in [-0.3, -0.25) is 0 Å². The van der Waals surface area contributed by atoms with Crippen LogP contribution in [0.25, 0.3) is 0 Å². The predicted molar refractivity (Wildman–Crippen MR) is 66.8 cm³/mol. The second kappa shape index (κ2) is 4.96. The van der Waals surface area contributed by atoms with E-state index >= 15 is 0 Å². The van der Waals surface area contributed by atoms with Gasteiger partial charge >= 0.3 is 0 Å². The fourth-order valence-corrected chi connectivity index (χ4v) is 2.66. The highest BCUT2D eigenvalue weighted by Crippen LogP contribution is 2.42. The van der Waals surface area contributed by atoms with E-state index in [1.54, 1.807) is 14.2 Å². The van der Waals surface area contributed by atoms with E-state index in [1.165, 1.54) is 11.1 Å². The molecule has 1 aliphatic rings. The first kappa shape index (κ1) is 12.2. The Balaban J connectivity index is 2.64. The highest BCUT2D eigenvalue weighted by molar-refractivity contribution is 5.55. The van der Waals surface area contributed by atoms with Crippen LogP contribution >= 0.6 is 0 Å². The van der Waals surface area contributed by atoms with Crippen molar-refractivity contribution in [1.29, 1.82) is 0 Å². The predicted octanol–water partition coefficient (Wildman–Crippen LogP) is 2.77. The van der Waals surface area contributed by atoms with Gasteiger partial charge in [-0.25, -0.2) is 0 Å². The first-order chi connectivity index (χ1) is 8.19. The molecular weight excluding hydrogens is 216 g/mol. The Labute approximate surface area is 102 Å². The molecule has 3 nitrogen and oxygen atoms in total. The average Bonchev–Trinajstić information content (AvgIpc) is 2.52. The number of aliphatic hydroxyl groups is 1. The molecule has 0 fully saturated rings. The van der Waals surface area contributed by atoms with Crippen LogP contribution in [-0.2, 0) is 6.42 Å². The first-order valence-corrected chi connectivity index (χ1v) is 6.11. The highest BCUT2D eigenvalue weighted by Gasteiger charge is 2.25. The van der Waals surface area contributed by atoms with Crippen molar-refractivity contribution in [2.45, 2.75) is 38.7 Å². The summed E-state index contributed by atoms with van der Waals surface area (Å²) in [4.78, 5) is 0. The van der Waals surface area contributed by atoms with Crippen molar-refractivity contribution < 1.29 is 14.6 Å². The van der Waals surface area contributed by atoms with Crippen LogP contribution in [-0.4, -0.2) is 19.3 Å². The van der Waals surface area contributed by atoms with Gasteiger partial charge in [-0.2, -0.15) is 0 Å². The van der Waals surface area contributed by atoms with Crippen LogP contribution in [0.5, 0.6) is 11.5 Å². The monoisotopic (exact) mass is 236 g/mol. The van der Waals surface area contributed by atoms with Crippen molar-refractivity contribution in [2.75, 3.05) is 14.2 Å². The standard InChI is InChI=1S/C14H20O3/c1-9-8-12(16-2)14(17-3)13-10(9)6-4-5-7-11(13)15/h8,11,15H,4-7H2,1-3H3/t11-/m0/s1. The van der Waals surface area contributed by atoms with E-state index in [4.69, 9.17) is 9.47 Å². The number of aryl methyl sites for hydroxylation is 1. The lowest BCUT2D eigenvalue weighted by Gasteiger charge is -2.20. The molecule has 17 heavy (non-hydrogen) atoms. The number of aliphatic hydroxyl groups excluding tert-OH is 1. The third kappa shape index (κ3) is 2.12. The van der Waals surface area contributed by atoms with Gasteiger partial charge in [0.05, 0.1) is 20.3 Å². The molecule has 0 saturated heterocycles. The molecule has 1 atom stereocenters. The molecule has 0 aliphatic heterocycles. The summed E-state index contributed by atoms with van der Waals surface area (Å²) in [5.74, 6) is 1.41. The van der Waals surface area contributed by atoms with Crippen molar-refractivity contribution in [3.05, 3.63) is 22.8 Å². The topological polar surface area (TPSA) is 38.7 Å². The molecule has 0 saturated carbocycles. The Morgan fingerprint density at radius 1 is 1.24 bits per heavy atom. The van der Waals surface area contributed by atoms with Crippen LogP contribution in [0, 0.1) is 6.92 Å². The Morgan fingerprint density at radius 3 is 2.65 bits per heavy atom. The van der Waals surface area contributed by atoms with Crippen molar-refractivity contribution in [3.63, 3.8) is 0 Å². The van der Waals surface area contributed by atoms with Crippen molar-refractivity contribution in [1.82, 2.24) is 0 Å². The van der Waals surface area contributed by atoms with Crippen molar-refractivity contribution in [3.8, 4) is 11.5 Å². The van der Waals surface area contributed by atoms with Gasteiger partial charge in [0, 0.05) is 5.56 Å². The van der Waals surface area contributed by atoms with E-state index in [1.807, 2.05) is 6.07 Å². The summed E-state index contributed by atoms with van der Waals surface area (Å²) in [7, 11) is 3.26. The minimum absolute atomic E-state index is 0.434. The third-order valence-electron chi connectivity index (χ3n) is 3.53. The minimum Gasteiger partial charge on any atom is -0.493 e. The SMILES string of the molecule is COc1cc(C)c2c(c1OC)[C@@H](O)CCCC2. The number of benzene rings is 1. The Hall–Kier alpha value is -1.22. The van der Waals surface area contributed by atoms with Crippen LogP contribution in [0.15, 0.2) is 6.07 Å². The summed E-state index contributed by atoms with van der Waals surface area (Å²) in [5.41, 5.74) is 3.34. The average molecular weight is 236 g/mol. The molecule has 1 aromatic rings. The minimum atomic E-state index is -0.434.